The number of carbonyl (C=O) groups is 1. The number of likely N-dealkylation sites (N-methyl/N-ethyl adjacent to an activating group) is 1. The van der Waals surface area contributed by atoms with Gasteiger partial charge < -0.3 is 19.7 Å². The van der Waals surface area contributed by atoms with Crippen molar-refractivity contribution in [1.82, 2.24) is 0 Å². The van der Waals surface area contributed by atoms with E-state index in [2.05, 4.69) is 11.8 Å². The van der Waals surface area contributed by atoms with Gasteiger partial charge in [-0.05, 0) is 24.6 Å². The summed E-state index contributed by atoms with van der Waals surface area (Å²) in [5.41, 5.74) is 2.04. The number of carboxylic acid groups (broad SMARTS) is 1. The molecule has 0 aliphatic carbocycles. The summed E-state index contributed by atoms with van der Waals surface area (Å²) in [4.78, 5) is 14.5. The number of quaternary nitrogens is 1. The Morgan fingerprint density at radius 3 is 2.68 bits per heavy atom. The van der Waals surface area contributed by atoms with Crippen LogP contribution in [0.15, 0.2) is 30.3 Å². The Labute approximate surface area is 113 Å². The second-order valence-electron chi connectivity index (χ2n) is 4.80. The minimum absolute atomic E-state index is 0.937. The quantitative estimate of drug-likeness (QED) is 0.719. The number of benzene rings is 1. The van der Waals surface area contributed by atoms with Crippen molar-refractivity contribution in [3.63, 3.8) is 0 Å². The van der Waals surface area contributed by atoms with Crippen molar-refractivity contribution in [2.75, 3.05) is 37.6 Å². The van der Waals surface area contributed by atoms with E-state index >= 15 is 0 Å². The average molecular weight is 260 g/mol. The molecule has 4 heteroatoms. The second-order valence-corrected chi connectivity index (χ2v) is 4.80. The zero-order valence-corrected chi connectivity index (χ0v) is 11.3. The number of nitrogens with one attached hydrogen (secondary N) is 1. The second kappa shape index (κ2) is 6.38. The van der Waals surface area contributed by atoms with E-state index < -0.39 is 5.97 Å². The molecule has 1 aromatic rings. The van der Waals surface area contributed by atoms with Crippen molar-refractivity contribution in [2.45, 2.75) is 6.92 Å². The van der Waals surface area contributed by atoms with Gasteiger partial charge in [-0.15, -0.1) is 0 Å². The summed E-state index contributed by atoms with van der Waals surface area (Å²) in [5.74, 6) is -1.16. The minimum Gasteiger partial charge on any atom is -0.545 e. The number of carboxylic acids is 1. The molecule has 1 heterocycles. The number of rotatable bonds is 4. The lowest BCUT2D eigenvalue weighted by Crippen LogP contribution is -3.14. The number of hydrogen-bond donors (Lipinski definition) is 1. The number of para-hydroxylation sites is 1. The first-order chi connectivity index (χ1) is 9.20. The lowest BCUT2D eigenvalue weighted by molar-refractivity contribution is -0.898. The molecule has 0 bridgehead atoms. The van der Waals surface area contributed by atoms with Crippen LogP contribution >= 0.6 is 0 Å². The molecule has 0 unspecified atom stereocenters. The molecule has 0 spiro atoms. The molecule has 19 heavy (non-hydrogen) atoms. The molecule has 1 N–H and O–H groups in total. The minimum atomic E-state index is -1.16. The van der Waals surface area contributed by atoms with Crippen molar-refractivity contribution < 1.29 is 14.8 Å². The third kappa shape index (κ3) is 3.58. The van der Waals surface area contributed by atoms with E-state index in [0.717, 1.165) is 43.5 Å². The van der Waals surface area contributed by atoms with E-state index in [9.17, 15) is 9.90 Å². The summed E-state index contributed by atoms with van der Waals surface area (Å²) in [6.45, 7) is 7.67. The molecule has 0 atom stereocenters. The highest BCUT2D eigenvalue weighted by atomic mass is 16.4. The predicted octanol–water partition coefficient (Wildman–Crippen LogP) is -0.825. The van der Waals surface area contributed by atoms with E-state index in [0.29, 0.717) is 0 Å². The van der Waals surface area contributed by atoms with Gasteiger partial charge in [-0.25, -0.2) is 0 Å². The Morgan fingerprint density at radius 1 is 1.37 bits per heavy atom. The summed E-state index contributed by atoms with van der Waals surface area (Å²) in [6, 6.07) is 7.90. The smallest absolute Gasteiger partial charge is 0.0949 e. The first-order valence-electron chi connectivity index (χ1n) is 6.77. The van der Waals surface area contributed by atoms with Crippen molar-refractivity contribution in [3.05, 3.63) is 35.9 Å². The fraction of sp³-hybridized carbons (Fsp3) is 0.400. The molecule has 0 aromatic heterocycles. The van der Waals surface area contributed by atoms with Crippen LogP contribution in [-0.4, -0.2) is 38.7 Å². The van der Waals surface area contributed by atoms with Gasteiger partial charge in [-0.3, -0.25) is 0 Å². The van der Waals surface area contributed by atoms with Crippen LogP contribution in [0.4, 0.5) is 5.69 Å². The van der Waals surface area contributed by atoms with Crippen LogP contribution < -0.4 is 14.9 Å². The summed E-state index contributed by atoms with van der Waals surface area (Å²) in [5, 5.41) is 10.5. The SMILES string of the molecule is CC[NH+]1CCN(c2ccccc2/C=C/C(=O)[O-])CC1. The van der Waals surface area contributed by atoms with Gasteiger partial charge in [0, 0.05) is 5.69 Å². The Balaban J connectivity index is 2.14. The molecule has 1 aliphatic heterocycles. The first-order valence-corrected chi connectivity index (χ1v) is 6.77. The van der Waals surface area contributed by atoms with Gasteiger partial charge in [0.2, 0.25) is 0 Å². The summed E-state index contributed by atoms with van der Waals surface area (Å²) in [7, 11) is 0. The molecule has 4 nitrogen and oxygen atoms in total. The van der Waals surface area contributed by atoms with Crippen molar-refractivity contribution in [3.8, 4) is 0 Å². The third-order valence-corrected chi connectivity index (χ3v) is 3.65. The van der Waals surface area contributed by atoms with E-state index in [1.54, 1.807) is 11.0 Å². The number of anilines is 1. The van der Waals surface area contributed by atoms with Crippen LogP contribution in [0.5, 0.6) is 0 Å². The summed E-state index contributed by atoms with van der Waals surface area (Å²) < 4.78 is 0. The van der Waals surface area contributed by atoms with Crippen LogP contribution in [0.1, 0.15) is 12.5 Å². The molecule has 1 aliphatic rings. The molecule has 0 amide bonds. The molecule has 1 saturated heterocycles. The lowest BCUT2D eigenvalue weighted by Gasteiger charge is -2.34. The molecule has 0 saturated carbocycles. The zero-order chi connectivity index (χ0) is 13.7. The molecule has 2 rings (SSSR count). The highest BCUT2D eigenvalue weighted by Gasteiger charge is 2.19. The number of piperazine rings is 1. The predicted molar refractivity (Wildman–Crippen MR) is 73.9 cm³/mol. The fourth-order valence-electron chi connectivity index (χ4n) is 2.49. The Kier molecular flexibility index (Phi) is 4.58. The van der Waals surface area contributed by atoms with Crippen LogP contribution in [-0.2, 0) is 4.79 Å². The fourth-order valence-corrected chi connectivity index (χ4v) is 2.49. The van der Waals surface area contributed by atoms with Crippen molar-refractivity contribution in [2.24, 2.45) is 0 Å². The number of carbonyl (C=O) groups excluding carboxylic acids is 1. The summed E-state index contributed by atoms with van der Waals surface area (Å²) in [6.07, 6.45) is 2.70. The molecular weight excluding hydrogens is 240 g/mol. The van der Waals surface area contributed by atoms with E-state index in [-0.39, 0.29) is 0 Å². The van der Waals surface area contributed by atoms with Crippen LogP contribution in [0.25, 0.3) is 6.08 Å². The van der Waals surface area contributed by atoms with Crippen LogP contribution in [0, 0.1) is 0 Å². The number of hydrogen-bond acceptors (Lipinski definition) is 3. The highest BCUT2D eigenvalue weighted by molar-refractivity contribution is 5.85. The molecular formula is C15H20N2O2. The largest absolute Gasteiger partial charge is 0.545 e. The van der Waals surface area contributed by atoms with Crippen LogP contribution in [0.2, 0.25) is 0 Å². The Morgan fingerprint density at radius 2 is 2.05 bits per heavy atom. The topological polar surface area (TPSA) is 47.8 Å². The summed E-state index contributed by atoms with van der Waals surface area (Å²) >= 11 is 0. The molecule has 1 fully saturated rings. The van der Waals surface area contributed by atoms with Gasteiger partial charge in [0.05, 0.1) is 38.7 Å². The monoisotopic (exact) mass is 260 g/mol. The van der Waals surface area contributed by atoms with E-state index in [1.165, 1.54) is 6.54 Å². The normalized spacial score (nSPS) is 17.0. The number of aliphatic carboxylic acids is 1. The number of nitrogens with zero attached hydrogens (tertiary/aromatic N) is 1. The highest BCUT2D eigenvalue weighted by Crippen LogP contribution is 2.21. The van der Waals surface area contributed by atoms with E-state index in [4.69, 9.17) is 0 Å². The maximum absolute atomic E-state index is 10.5. The third-order valence-electron chi connectivity index (χ3n) is 3.65. The first kappa shape index (κ1) is 13.6. The standard InChI is InChI=1S/C15H20N2O2/c1-2-16-9-11-17(12-10-16)14-6-4-3-5-13(14)7-8-15(18)19/h3-8H,2,9-12H2,1H3,(H,18,19)/b8-7+. The van der Waals surface area contributed by atoms with Gasteiger partial charge in [-0.2, -0.15) is 0 Å². The van der Waals surface area contributed by atoms with Gasteiger partial charge in [0.15, 0.2) is 0 Å². The Hall–Kier alpha value is -1.81. The lowest BCUT2D eigenvalue weighted by atomic mass is 10.1. The van der Waals surface area contributed by atoms with Gasteiger partial charge in [0.25, 0.3) is 0 Å². The van der Waals surface area contributed by atoms with Gasteiger partial charge >= 0.3 is 0 Å². The molecule has 1 aromatic carbocycles. The van der Waals surface area contributed by atoms with Gasteiger partial charge in [0.1, 0.15) is 0 Å². The zero-order valence-electron chi connectivity index (χ0n) is 11.3. The molecule has 0 radical (unpaired) electrons. The maximum atomic E-state index is 10.5. The molecule has 102 valence electrons. The Bertz CT molecular complexity index is 463. The van der Waals surface area contributed by atoms with E-state index in [1.807, 2.05) is 24.3 Å². The maximum Gasteiger partial charge on any atom is 0.0949 e. The van der Waals surface area contributed by atoms with Crippen molar-refractivity contribution in [1.29, 1.82) is 0 Å². The van der Waals surface area contributed by atoms with Crippen LogP contribution in [0.3, 0.4) is 0 Å². The van der Waals surface area contributed by atoms with Gasteiger partial charge in [-0.1, -0.05) is 24.3 Å². The van der Waals surface area contributed by atoms with Crippen molar-refractivity contribution >= 4 is 17.7 Å². The average Bonchev–Trinajstić information content (AvgIpc) is 2.45.